The molecule has 0 aromatic carbocycles. The summed E-state index contributed by atoms with van der Waals surface area (Å²) in [5, 5.41) is 6.19. The Balaban J connectivity index is 1.90. The van der Waals surface area contributed by atoms with E-state index >= 15 is 0 Å². The quantitative estimate of drug-likeness (QED) is 0.602. The molecular formula is C18H19N5O3S. The number of carbonyl (C=O) groups excluding carboxylic acids is 2. The van der Waals surface area contributed by atoms with Gasteiger partial charge in [0, 0.05) is 23.4 Å². The van der Waals surface area contributed by atoms with Gasteiger partial charge in [-0.2, -0.15) is 0 Å². The van der Waals surface area contributed by atoms with E-state index in [2.05, 4.69) is 20.6 Å². The van der Waals surface area contributed by atoms with Crippen molar-refractivity contribution < 1.29 is 14.3 Å². The van der Waals surface area contributed by atoms with Crippen molar-refractivity contribution in [3.8, 4) is 5.88 Å². The minimum absolute atomic E-state index is 0.00738. The Morgan fingerprint density at radius 2 is 2.07 bits per heavy atom. The second-order valence-electron chi connectivity index (χ2n) is 6.54. The highest BCUT2D eigenvalue weighted by molar-refractivity contribution is 8.21. The van der Waals surface area contributed by atoms with Crippen LogP contribution in [0.1, 0.15) is 25.0 Å². The molecule has 27 heavy (non-hydrogen) atoms. The Kier molecular flexibility index (Phi) is 4.03. The van der Waals surface area contributed by atoms with Crippen LogP contribution in [-0.2, 0) is 4.79 Å². The zero-order valence-electron chi connectivity index (χ0n) is 15.0. The molecule has 0 aliphatic carbocycles. The Hall–Kier alpha value is -3.07. The van der Waals surface area contributed by atoms with Gasteiger partial charge < -0.3 is 21.1 Å². The highest BCUT2D eigenvalue weighted by Crippen LogP contribution is 2.61. The van der Waals surface area contributed by atoms with Gasteiger partial charge in [0.15, 0.2) is 0 Å². The number of urea groups is 1. The number of ether oxygens (including phenoxy) is 1. The molecule has 140 valence electrons. The van der Waals surface area contributed by atoms with E-state index in [0.29, 0.717) is 22.2 Å². The fourth-order valence-electron chi connectivity index (χ4n) is 3.23. The lowest BCUT2D eigenvalue weighted by Crippen LogP contribution is -2.33. The second-order valence-corrected chi connectivity index (χ2v) is 8.56. The first kappa shape index (κ1) is 17.3. The number of primary amides is 1. The fraction of sp³-hybridized carbons (Fsp3) is 0.222. The van der Waals surface area contributed by atoms with Crippen LogP contribution in [0, 0.1) is 6.92 Å². The number of nitrogens with two attached hydrogens (primary N) is 1. The molecule has 3 amide bonds. The van der Waals surface area contributed by atoms with E-state index in [1.165, 1.54) is 0 Å². The van der Waals surface area contributed by atoms with Crippen molar-refractivity contribution in [2.75, 3.05) is 5.32 Å². The van der Waals surface area contributed by atoms with Crippen molar-refractivity contribution in [3.05, 3.63) is 40.6 Å². The van der Waals surface area contributed by atoms with Gasteiger partial charge in [-0.3, -0.25) is 9.78 Å². The smallest absolute Gasteiger partial charge is 0.323 e. The number of nitrogens with zero attached hydrogens (tertiary/aromatic N) is 2. The van der Waals surface area contributed by atoms with E-state index in [-0.39, 0.29) is 6.10 Å². The lowest BCUT2D eigenvalue weighted by molar-refractivity contribution is -0.113. The van der Waals surface area contributed by atoms with E-state index < -0.39 is 22.8 Å². The van der Waals surface area contributed by atoms with Gasteiger partial charge in [0.2, 0.25) is 5.88 Å². The van der Waals surface area contributed by atoms with Crippen molar-refractivity contribution >= 4 is 34.2 Å². The molecule has 0 radical (unpaired) electrons. The van der Waals surface area contributed by atoms with Gasteiger partial charge in [0.1, 0.15) is 0 Å². The zero-order valence-corrected chi connectivity index (χ0v) is 15.9. The van der Waals surface area contributed by atoms with Crippen LogP contribution < -0.4 is 21.1 Å². The molecule has 1 atom stereocenters. The summed E-state index contributed by atoms with van der Waals surface area (Å²) in [6.07, 6.45) is 3.33. The molecule has 0 saturated carbocycles. The molecule has 2 aromatic rings. The van der Waals surface area contributed by atoms with E-state index in [4.69, 9.17) is 10.5 Å². The summed E-state index contributed by atoms with van der Waals surface area (Å²) in [6, 6.07) is 3.15. The van der Waals surface area contributed by atoms with Gasteiger partial charge in [-0.15, -0.1) is 10.9 Å². The highest BCUT2D eigenvalue weighted by Gasteiger charge is 2.39. The first-order chi connectivity index (χ1) is 12.9. The third-order valence-corrected chi connectivity index (χ3v) is 6.83. The van der Waals surface area contributed by atoms with Crippen molar-refractivity contribution in [2.45, 2.75) is 36.8 Å². The fourth-order valence-corrected chi connectivity index (χ4v) is 5.75. The van der Waals surface area contributed by atoms with Crippen LogP contribution in [0.5, 0.6) is 5.88 Å². The molecule has 8 nitrogen and oxygen atoms in total. The summed E-state index contributed by atoms with van der Waals surface area (Å²) in [7, 11) is -1.33. The number of rotatable bonds is 4. The van der Waals surface area contributed by atoms with Crippen molar-refractivity contribution in [3.63, 3.8) is 0 Å². The summed E-state index contributed by atoms with van der Waals surface area (Å²) in [4.78, 5) is 34.4. The third kappa shape index (κ3) is 2.80. The first-order valence-electron chi connectivity index (χ1n) is 8.41. The van der Waals surface area contributed by atoms with E-state index in [1.807, 2.05) is 26.8 Å². The lowest BCUT2D eigenvalue weighted by Gasteiger charge is -2.21. The molecular weight excluding hydrogens is 366 g/mol. The number of thiol groups is 1. The SMILES string of the molecule is Cc1cc(OC(C)C)ncc1[SH]1C(C(N)=O)=C2NC(=O)Nc3ccnc1c32. The summed E-state index contributed by atoms with van der Waals surface area (Å²) in [5.74, 6) is -0.0596. The predicted molar refractivity (Wildman–Crippen MR) is 103 cm³/mol. The molecule has 2 aliphatic rings. The highest BCUT2D eigenvalue weighted by atomic mass is 32.2. The van der Waals surface area contributed by atoms with Crippen LogP contribution in [0.25, 0.3) is 5.70 Å². The molecule has 0 bridgehead atoms. The Bertz CT molecular complexity index is 1020. The first-order valence-corrected chi connectivity index (χ1v) is 9.76. The van der Waals surface area contributed by atoms with Crippen LogP contribution in [0.2, 0.25) is 0 Å². The maximum atomic E-state index is 12.3. The summed E-state index contributed by atoms with van der Waals surface area (Å²) in [6.45, 7) is 5.79. The summed E-state index contributed by atoms with van der Waals surface area (Å²) >= 11 is 0. The molecule has 4 heterocycles. The third-order valence-electron chi connectivity index (χ3n) is 4.23. The van der Waals surface area contributed by atoms with Crippen molar-refractivity contribution in [2.24, 2.45) is 5.73 Å². The monoisotopic (exact) mass is 385 g/mol. The number of nitrogens with one attached hydrogen (secondary N) is 2. The number of pyridine rings is 2. The molecule has 4 N–H and O–H groups in total. The largest absolute Gasteiger partial charge is 0.475 e. The Morgan fingerprint density at radius 3 is 2.74 bits per heavy atom. The molecule has 1 unspecified atom stereocenters. The standard InChI is InChI=1S/C18H19N5O3S/c1-8(2)26-12-6-9(3)11(7-21-12)27-15(16(19)24)14-13-10(22-18(25)23-14)4-5-20-17(13)27/h4-8,27H,1-3H3,(H2,19,24)(H2,22,23,25). The molecule has 0 fully saturated rings. The molecule has 9 heteroatoms. The van der Waals surface area contributed by atoms with Crippen LogP contribution in [-0.4, -0.2) is 28.0 Å². The Morgan fingerprint density at radius 1 is 1.30 bits per heavy atom. The van der Waals surface area contributed by atoms with E-state index in [1.54, 1.807) is 18.5 Å². The summed E-state index contributed by atoms with van der Waals surface area (Å²) < 4.78 is 5.65. The summed E-state index contributed by atoms with van der Waals surface area (Å²) in [5.41, 5.74) is 8.41. The number of anilines is 1. The van der Waals surface area contributed by atoms with E-state index in [0.717, 1.165) is 21.0 Å². The van der Waals surface area contributed by atoms with Gasteiger partial charge in [0.25, 0.3) is 5.91 Å². The van der Waals surface area contributed by atoms with Crippen molar-refractivity contribution in [1.82, 2.24) is 15.3 Å². The number of hydrogen-bond donors (Lipinski definition) is 4. The van der Waals surface area contributed by atoms with Crippen LogP contribution in [0.15, 0.2) is 39.4 Å². The average Bonchev–Trinajstić information content (AvgIpc) is 2.90. The van der Waals surface area contributed by atoms with E-state index in [9.17, 15) is 9.59 Å². The van der Waals surface area contributed by atoms with Crippen molar-refractivity contribution in [1.29, 1.82) is 0 Å². The van der Waals surface area contributed by atoms with Crippen LogP contribution in [0.3, 0.4) is 0 Å². The predicted octanol–water partition coefficient (Wildman–Crippen LogP) is 2.29. The number of aryl methyl sites for hydroxylation is 1. The van der Waals surface area contributed by atoms with Gasteiger partial charge in [-0.25, -0.2) is 9.78 Å². The van der Waals surface area contributed by atoms with Gasteiger partial charge in [-0.1, -0.05) is 0 Å². The molecule has 2 aromatic heterocycles. The average molecular weight is 385 g/mol. The van der Waals surface area contributed by atoms with Crippen LogP contribution >= 0.6 is 10.9 Å². The number of hydrogen-bond acceptors (Lipinski definition) is 5. The maximum absolute atomic E-state index is 12.3. The number of aromatic nitrogens is 2. The topological polar surface area (TPSA) is 119 Å². The molecule has 4 rings (SSSR count). The maximum Gasteiger partial charge on any atom is 0.323 e. The Labute approximate surface area is 158 Å². The zero-order chi connectivity index (χ0) is 19.3. The van der Waals surface area contributed by atoms with Gasteiger partial charge in [0.05, 0.1) is 33.0 Å². The van der Waals surface area contributed by atoms with Gasteiger partial charge in [-0.05, 0) is 32.4 Å². The van der Waals surface area contributed by atoms with Crippen LogP contribution in [0.4, 0.5) is 10.5 Å². The lowest BCUT2D eigenvalue weighted by atomic mass is 10.1. The number of amides is 3. The molecule has 0 spiro atoms. The minimum Gasteiger partial charge on any atom is -0.475 e. The number of carbonyl (C=O) groups is 2. The van der Waals surface area contributed by atoms with Gasteiger partial charge >= 0.3 is 6.03 Å². The normalized spacial score (nSPS) is 18.8. The minimum atomic E-state index is -1.33. The molecule has 2 aliphatic heterocycles. The second kappa shape index (κ2) is 6.27. The molecule has 0 saturated heterocycles.